The van der Waals surface area contributed by atoms with Crippen LogP contribution in [0.5, 0.6) is 0 Å². The molecule has 0 saturated carbocycles. The van der Waals surface area contributed by atoms with Crippen molar-refractivity contribution in [3.63, 3.8) is 0 Å². The molecular formula is C24H36IN5O2. The number of carbonyl (C=O) groups excluding carboxylic acids is 1. The summed E-state index contributed by atoms with van der Waals surface area (Å²) in [6, 6.07) is 12.1. The molecule has 2 heterocycles. The first-order valence-electron chi connectivity index (χ1n) is 11.3. The number of rotatable bonds is 9. The van der Waals surface area contributed by atoms with Crippen molar-refractivity contribution in [1.29, 1.82) is 0 Å². The molecule has 3 rings (SSSR count). The number of furan rings is 1. The van der Waals surface area contributed by atoms with Gasteiger partial charge in [-0.05, 0) is 62.2 Å². The summed E-state index contributed by atoms with van der Waals surface area (Å²) < 4.78 is 5.73. The quantitative estimate of drug-likeness (QED) is 0.242. The normalized spacial score (nSPS) is 15.5. The largest absolute Gasteiger partial charge is 0.468 e. The van der Waals surface area contributed by atoms with Crippen molar-refractivity contribution in [1.82, 2.24) is 15.5 Å². The molecule has 0 aliphatic carbocycles. The molecule has 7 nitrogen and oxygen atoms in total. The lowest BCUT2D eigenvalue weighted by Gasteiger charge is -2.33. The molecule has 0 spiro atoms. The zero-order valence-electron chi connectivity index (χ0n) is 19.1. The van der Waals surface area contributed by atoms with Gasteiger partial charge in [0, 0.05) is 32.2 Å². The number of carbonyl (C=O) groups is 1. The Bertz CT molecular complexity index is 817. The number of benzene rings is 1. The van der Waals surface area contributed by atoms with E-state index in [1.165, 1.54) is 19.3 Å². The van der Waals surface area contributed by atoms with Crippen LogP contribution < -0.4 is 16.0 Å². The van der Waals surface area contributed by atoms with E-state index < -0.39 is 0 Å². The van der Waals surface area contributed by atoms with Crippen LogP contribution in [0.3, 0.4) is 0 Å². The fraction of sp³-hybridized carbons (Fsp3) is 0.500. The highest BCUT2D eigenvalue weighted by Crippen LogP contribution is 2.24. The van der Waals surface area contributed by atoms with Gasteiger partial charge in [0.15, 0.2) is 5.96 Å². The minimum atomic E-state index is 0. The van der Waals surface area contributed by atoms with Crippen LogP contribution >= 0.6 is 24.0 Å². The van der Waals surface area contributed by atoms with Gasteiger partial charge in [-0.1, -0.05) is 25.5 Å². The second-order valence-electron chi connectivity index (χ2n) is 7.93. The molecule has 1 saturated heterocycles. The maximum absolute atomic E-state index is 11.7. The van der Waals surface area contributed by atoms with Crippen LogP contribution in [-0.4, -0.2) is 43.4 Å². The predicted molar refractivity (Wildman–Crippen MR) is 140 cm³/mol. The Kier molecular flexibility index (Phi) is 11.6. The van der Waals surface area contributed by atoms with Crippen LogP contribution in [0.2, 0.25) is 0 Å². The first-order valence-corrected chi connectivity index (χ1v) is 11.3. The van der Waals surface area contributed by atoms with E-state index in [2.05, 4.69) is 31.9 Å². The number of nitrogens with one attached hydrogen (secondary N) is 3. The minimum Gasteiger partial charge on any atom is -0.468 e. The molecule has 2 aromatic rings. The van der Waals surface area contributed by atoms with E-state index >= 15 is 0 Å². The van der Waals surface area contributed by atoms with Crippen LogP contribution in [0, 0.1) is 0 Å². The zero-order valence-corrected chi connectivity index (χ0v) is 21.4. The summed E-state index contributed by atoms with van der Waals surface area (Å²) in [5, 5.41) is 9.74. The number of nitrogens with zero attached hydrogens (tertiary/aromatic N) is 2. The van der Waals surface area contributed by atoms with E-state index in [-0.39, 0.29) is 35.9 Å². The molecule has 1 fully saturated rings. The van der Waals surface area contributed by atoms with Gasteiger partial charge in [-0.25, -0.2) is 0 Å². The van der Waals surface area contributed by atoms with Gasteiger partial charge in [0.05, 0.1) is 12.3 Å². The molecule has 1 aromatic heterocycles. The predicted octanol–water partition coefficient (Wildman–Crippen LogP) is 4.53. The number of likely N-dealkylation sites (tertiary alicyclic amines) is 1. The Hall–Kier alpha value is -2.07. The van der Waals surface area contributed by atoms with E-state index in [1.54, 1.807) is 13.3 Å². The number of hydrogen-bond acceptors (Lipinski definition) is 4. The summed E-state index contributed by atoms with van der Waals surface area (Å²) in [6.07, 6.45) is 6.91. The van der Waals surface area contributed by atoms with Gasteiger partial charge in [0.1, 0.15) is 5.76 Å². The van der Waals surface area contributed by atoms with E-state index in [1.807, 2.05) is 37.3 Å². The average Bonchev–Trinajstić information content (AvgIpc) is 3.32. The number of guanidine groups is 1. The van der Waals surface area contributed by atoms with Gasteiger partial charge in [0.25, 0.3) is 0 Å². The number of piperidine rings is 1. The molecule has 176 valence electrons. The first kappa shape index (κ1) is 26.2. The molecule has 1 atom stereocenters. The topological polar surface area (TPSA) is 81.9 Å². The van der Waals surface area contributed by atoms with Gasteiger partial charge in [0.2, 0.25) is 5.91 Å². The third-order valence-corrected chi connectivity index (χ3v) is 5.56. The van der Waals surface area contributed by atoms with Crippen molar-refractivity contribution in [3.8, 4) is 0 Å². The molecule has 1 aliphatic heterocycles. The molecule has 1 aromatic carbocycles. The third kappa shape index (κ3) is 8.12. The lowest BCUT2D eigenvalue weighted by atomic mass is 10.1. The molecule has 1 unspecified atom stereocenters. The van der Waals surface area contributed by atoms with Crippen molar-refractivity contribution < 1.29 is 9.21 Å². The van der Waals surface area contributed by atoms with Crippen LogP contribution in [-0.2, 0) is 11.3 Å². The Balaban J connectivity index is 0.00000363. The Labute approximate surface area is 208 Å². The van der Waals surface area contributed by atoms with Crippen LogP contribution in [0.15, 0.2) is 52.1 Å². The first-order chi connectivity index (χ1) is 15.2. The lowest BCUT2D eigenvalue weighted by molar-refractivity contribution is -0.116. The highest BCUT2D eigenvalue weighted by Gasteiger charge is 2.24. The molecule has 3 N–H and O–H groups in total. The number of aliphatic imine (C=N–C) groups is 1. The molecule has 32 heavy (non-hydrogen) atoms. The second kappa shape index (κ2) is 14.2. The van der Waals surface area contributed by atoms with Crippen LogP contribution in [0.4, 0.5) is 5.69 Å². The molecule has 0 bridgehead atoms. The zero-order chi connectivity index (χ0) is 21.9. The van der Waals surface area contributed by atoms with Gasteiger partial charge >= 0.3 is 0 Å². The summed E-state index contributed by atoms with van der Waals surface area (Å²) in [6.45, 7) is 5.58. The van der Waals surface area contributed by atoms with Crippen LogP contribution in [0.1, 0.15) is 56.4 Å². The monoisotopic (exact) mass is 553 g/mol. The van der Waals surface area contributed by atoms with Gasteiger partial charge in [-0.2, -0.15) is 0 Å². The van der Waals surface area contributed by atoms with Crippen molar-refractivity contribution >= 4 is 41.5 Å². The highest BCUT2D eigenvalue weighted by molar-refractivity contribution is 14.0. The van der Waals surface area contributed by atoms with Crippen molar-refractivity contribution in [3.05, 3.63) is 54.0 Å². The number of anilines is 1. The number of hydrogen-bond donors (Lipinski definition) is 3. The fourth-order valence-electron chi connectivity index (χ4n) is 3.88. The van der Waals surface area contributed by atoms with Gasteiger partial charge in [-0.3, -0.25) is 14.7 Å². The molecule has 0 radical (unpaired) electrons. The van der Waals surface area contributed by atoms with Crippen molar-refractivity contribution in [2.24, 2.45) is 4.99 Å². The van der Waals surface area contributed by atoms with E-state index in [9.17, 15) is 4.79 Å². The Morgan fingerprint density at radius 3 is 2.50 bits per heavy atom. The summed E-state index contributed by atoms with van der Waals surface area (Å²) in [7, 11) is 1.78. The summed E-state index contributed by atoms with van der Waals surface area (Å²) >= 11 is 0. The Morgan fingerprint density at radius 2 is 1.88 bits per heavy atom. The summed E-state index contributed by atoms with van der Waals surface area (Å²) in [5.74, 6) is 1.80. The molecule has 1 aliphatic rings. The van der Waals surface area contributed by atoms with E-state index in [0.717, 1.165) is 49.0 Å². The van der Waals surface area contributed by atoms with E-state index in [0.29, 0.717) is 13.0 Å². The van der Waals surface area contributed by atoms with Crippen LogP contribution in [0.25, 0.3) is 0 Å². The maximum atomic E-state index is 11.7. The van der Waals surface area contributed by atoms with Crippen molar-refractivity contribution in [2.45, 2.75) is 51.6 Å². The number of amides is 1. The molecule has 8 heteroatoms. The van der Waals surface area contributed by atoms with E-state index in [4.69, 9.17) is 4.42 Å². The molecular weight excluding hydrogens is 517 g/mol. The van der Waals surface area contributed by atoms with Gasteiger partial charge in [-0.15, -0.1) is 24.0 Å². The molecule has 1 amide bonds. The maximum Gasteiger partial charge on any atom is 0.224 e. The number of halogens is 1. The van der Waals surface area contributed by atoms with Crippen molar-refractivity contribution in [2.75, 3.05) is 32.0 Å². The van der Waals surface area contributed by atoms with Gasteiger partial charge < -0.3 is 20.4 Å². The Morgan fingerprint density at radius 1 is 1.12 bits per heavy atom. The fourth-order valence-corrected chi connectivity index (χ4v) is 3.88. The smallest absolute Gasteiger partial charge is 0.224 e. The minimum absolute atomic E-state index is 0. The third-order valence-electron chi connectivity index (χ3n) is 5.56. The summed E-state index contributed by atoms with van der Waals surface area (Å²) in [4.78, 5) is 18.6. The SMILES string of the molecule is CCCC(=O)Nc1ccc(CNC(=NC)NCC(c2ccco2)N2CCCCC2)cc1.I. The highest BCUT2D eigenvalue weighted by atomic mass is 127. The summed E-state index contributed by atoms with van der Waals surface area (Å²) in [5.41, 5.74) is 1.95. The standard InChI is InChI=1S/C24H35N5O2.HI/c1-3-8-23(30)28-20-12-10-19(11-13-20)17-26-24(25-2)27-18-21(22-9-7-16-31-22)29-14-5-4-6-15-29;/h7,9-13,16,21H,3-6,8,14-15,17-18H2,1-2H3,(H,28,30)(H2,25,26,27);1H. The second-order valence-corrected chi connectivity index (χ2v) is 7.93. The lowest BCUT2D eigenvalue weighted by Crippen LogP contribution is -2.44. The average molecular weight is 553 g/mol.